The van der Waals surface area contributed by atoms with Gasteiger partial charge in [0.25, 0.3) is 0 Å². The minimum Gasteiger partial charge on any atom is -0.488 e. The normalized spacial score (nSPS) is 21.5. The van der Waals surface area contributed by atoms with Gasteiger partial charge in [-0.1, -0.05) is 53.8 Å². The van der Waals surface area contributed by atoms with Gasteiger partial charge in [0, 0.05) is 10.8 Å². The Labute approximate surface area is 141 Å². The second kappa shape index (κ2) is 5.41. The van der Waals surface area contributed by atoms with Gasteiger partial charge in [-0.15, -0.1) is 0 Å². The minimum atomic E-state index is -0.623. The summed E-state index contributed by atoms with van der Waals surface area (Å²) in [5, 5.41) is 0. The molecule has 2 rings (SSSR count). The molecule has 1 heterocycles. The first-order valence-electron chi connectivity index (χ1n) is 7.57. The predicted octanol–water partition coefficient (Wildman–Crippen LogP) is 2.99. The smallest absolute Gasteiger partial charge is 0.249 e. The van der Waals surface area contributed by atoms with E-state index in [9.17, 15) is 9.59 Å². The highest BCUT2D eigenvalue weighted by Crippen LogP contribution is 2.39. The molecule has 1 aliphatic heterocycles. The maximum absolute atomic E-state index is 11.7. The van der Waals surface area contributed by atoms with E-state index < -0.39 is 10.9 Å². The lowest BCUT2D eigenvalue weighted by Crippen LogP contribution is -2.41. The minimum absolute atomic E-state index is 0.00908. The maximum Gasteiger partial charge on any atom is 0.249 e. The van der Waals surface area contributed by atoms with Crippen LogP contribution in [0.3, 0.4) is 0 Å². The molecule has 0 fully saturated rings. The van der Waals surface area contributed by atoms with Crippen molar-refractivity contribution in [2.75, 3.05) is 5.73 Å². The molecule has 0 amide bonds. The van der Waals surface area contributed by atoms with Crippen molar-refractivity contribution in [2.45, 2.75) is 47.6 Å². The molecule has 0 saturated carbocycles. The van der Waals surface area contributed by atoms with Crippen molar-refractivity contribution in [3.63, 3.8) is 0 Å². The van der Waals surface area contributed by atoms with E-state index in [4.69, 9.17) is 22.7 Å². The molecule has 0 bridgehead atoms. The number of hydrogen-bond acceptors (Lipinski definition) is 5. The summed E-state index contributed by atoms with van der Waals surface area (Å²) in [4.78, 5) is 23.6. The second-order valence-corrected chi connectivity index (χ2v) is 8.51. The number of ether oxygens (including phenoxy) is 1. The summed E-state index contributed by atoms with van der Waals surface area (Å²) in [5.74, 6) is 0.801. The Hall–Kier alpha value is -1.75. The van der Waals surface area contributed by atoms with Crippen LogP contribution < -0.4 is 16.6 Å². The van der Waals surface area contributed by atoms with Gasteiger partial charge in [0.15, 0.2) is 0 Å². The van der Waals surface area contributed by atoms with Crippen molar-refractivity contribution in [3.8, 4) is 0 Å². The van der Waals surface area contributed by atoms with Crippen LogP contribution in [0.2, 0.25) is 0 Å². The Bertz CT molecular complexity index is 794. The zero-order valence-electron chi connectivity index (χ0n) is 14.4. The predicted molar refractivity (Wildman–Crippen MR) is 98.2 cm³/mol. The zero-order chi connectivity index (χ0) is 17.7. The Kier molecular flexibility index (Phi) is 4.14. The molecule has 1 aromatic carbocycles. The number of rotatable bonds is 1. The van der Waals surface area contributed by atoms with E-state index in [1.54, 1.807) is 6.08 Å². The first-order chi connectivity index (χ1) is 10.3. The van der Waals surface area contributed by atoms with Crippen LogP contribution in [0.15, 0.2) is 27.0 Å². The van der Waals surface area contributed by atoms with Gasteiger partial charge in [-0.05, 0) is 17.7 Å². The van der Waals surface area contributed by atoms with Gasteiger partial charge in [0.1, 0.15) is 11.9 Å². The lowest BCUT2D eigenvalue weighted by Gasteiger charge is -2.39. The largest absolute Gasteiger partial charge is 0.488 e. The van der Waals surface area contributed by atoms with Gasteiger partial charge >= 0.3 is 0 Å². The van der Waals surface area contributed by atoms with Crippen LogP contribution in [0.25, 0.3) is 6.08 Å². The third-order valence-corrected chi connectivity index (χ3v) is 4.32. The first kappa shape index (κ1) is 17.6. The molecule has 0 aromatic heterocycles. The number of nitrogens with two attached hydrogens (primary N) is 1. The Morgan fingerprint density at radius 1 is 1.13 bits per heavy atom. The van der Waals surface area contributed by atoms with Gasteiger partial charge in [-0.25, -0.2) is 0 Å². The fraction of sp³-hybridized carbons (Fsp3) is 0.500. The van der Waals surface area contributed by atoms with Crippen molar-refractivity contribution in [1.29, 1.82) is 0 Å². The summed E-state index contributed by atoms with van der Waals surface area (Å²) in [6.45, 7) is 12.3. The molecule has 0 radical (unpaired) electrons. The number of nitrogen functional groups attached to an aromatic ring is 1. The molecule has 5 heteroatoms. The highest BCUT2D eigenvalue weighted by atomic mass is 32.1. The van der Waals surface area contributed by atoms with Crippen LogP contribution in [-0.2, 0) is 4.74 Å². The van der Waals surface area contributed by atoms with Crippen molar-refractivity contribution in [2.24, 2.45) is 10.8 Å². The van der Waals surface area contributed by atoms with Crippen LogP contribution in [0.1, 0.15) is 47.1 Å². The molecule has 2 N–H and O–H groups in total. The molecule has 1 atom stereocenters. The van der Waals surface area contributed by atoms with E-state index in [1.807, 2.05) is 6.08 Å². The van der Waals surface area contributed by atoms with E-state index in [1.165, 1.54) is 0 Å². The summed E-state index contributed by atoms with van der Waals surface area (Å²) in [5.41, 5.74) is 5.03. The number of hydrogen-bond donors (Lipinski definition) is 1. The van der Waals surface area contributed by atoms with E-state index >= 15 is 0 Å². The molecule has 1 unspecified atom stereocenters. The van der Waals surface area contributed by atoms with Gasteiger partial charge in [-0.2, -0.15) is 0 Å². The van der Waals surface area contributed by atoms with E-state index in [-0.39, 0.29) is 28.2 Å². The van der Waals surface area contributed by atoms with Gasteiger partial charge < -0.3 is 10.5 Å². The SMILES string of the molecule is CC(C)(C)C1=CC(=Cc2c(N)c(=O)c2=O)C(=S)C(C(C)(C)C)O1. The lowest BCUT2D eigenvalue weighted by molar-refractivity contribution is 0.0477. The highest BCUT2D eigenvalue weighted by Gasteiger charge is 2.38. The van der Waals surface area contributed by atoms with Crippen molar-refractivity contribution in [1.82, 2.24) is 0 Å². The molecule has 0 aliphatic carbocycles. The molecule has 23 heavy (non-hydrogen) atoms. The highest BCUT2D eigenvalue weighted by molar-refractivity contribution is 7.81. The maximum atomic E-state index is 11.7. The molecule has 0 saturated heterocycles. The molecule has 0 spiro atoms. The number of anilines is 1. The van der Waals surface area contributed by atoms with Gasteiger partial charge in [0.2, 0.25) is 10.9 Å². The molecule has 1 aromatic rings. The lowest BCUT2D eigenvalue weighted by atomic mass is 9.81. The Morgan fingerprint density at radius 3 is 2.13 bits per heavy atom. The van der Waals surface area contributed by atoms with Crippen LogP contribution in [0.4, 0.5) is 5.69 Å². The van der Waals surface area contributed by atoms with Gasteiger partial charge in [0.05, 0.1) is 16.1 Å². The van der Waals surface area contributed by atoms with Crippen LogP contribution in [0, 0.1) is 10.8 Å². The molecule has 124 valence electrons. The molecular formula is C18H23NO3S. The monoisotopic (exact) mass is 333 g/mol. The van der Waals surface area contributed by atoms with Crippen molar-refractivity contribution in [3.05, 3.63) is 43.4 Å². The van der Waals surface area contributed by atoms with Crippen molar-refractivity contribution >= 4 is 28.8 Å². The fourth-order valence-corrected chi connectivity index (χ4v) is 2.90. The average Bonchev–Trinajstić information content (AvgIpc) is 2.42. The third kappa shape index (κ3) is 3.15. The zero-order valence-corrected chi connectivity index (χ0v) is 15.3. The third-order valence-electron chi connectivity index (χ3n) is 3.87. The van der Waals surface area contributed by atoms with Gasteiger partial charge in [-0.3, -0.25) is 9.59 Å². The summed E-state index contributed by atoms with van der Waals surface area (Å²) < 4.78 is 6.15. The molecule has 1 aliphatic rings. The molecular weight excluding hydrogens is 310 g/mol. The number of thiocarbonyl (C=S) groups is 1. The van der Waals surface area contributed by atoms with Crippen LogP contribution in [-0.4, -0.2) is 11.0 Å². The van der Waals surface area contributed by atoms with Crippen LogP contribution >= 0.6 is 12.2 Å². The topological polar surface area (TPSA) is 69.4 Å². The average molecular weight is 333 g/mol. The van der Waals surface area contributed by atoms with E-state index in [0.717, 1.165) is 11.3 Å². The van der Waals surface area contributed by atoms with E-state index in [2.05, 4.69) is 41.5 Å². The Morgan fingerprint density at radius 2 is 1.70 bits per heavy atom. The van der Waals surface area contributed by atoms with Crippen molar-refractivity contribution < 1.29 is 4.74 Å². The molecule has 4 nitrogen and oxygen atoms in total. The fourth-order valence-electron chi connectivity index (χ4n) is 2.38. The van der Waals surface area contributed by atoms with E-state index in [0.29, 0.717) is 4.86 Å². The Balaban J connectivity index is 2.58. The quantitative estimate of drug-likeness (QED) is 0.486. The van der Waals surface area contributed by atoms with Crippen LogP contribution in [0.5, 0.6) is 0 Å². The standard InChI is InChI=1S/C18H23NO3S/c1-17(2,3)11-8-9(7-10-12(19)14(21)13(10)20)15(23)16(22-11)18(4,5)6/h7-8,16H,19H2,1-6H3. The first-order valence-corrected chi connectivity index (χ1v) is 7.98. The summed E-state index contributed by atoms with van der Waals surface area (Å²) in [6.07, 6.45) is 3.19. The summed E-state index contributed by atoms with van der Waals surface area (Å²) in [7, 11) is 0. The summed E-state index contributed by atoms with van der Waals surface area (Å²) >= 11 is 5.57. The number of allylic oxidation sites excluding steroid dienone is 2. The second-order valence-electron chi connectivity index (χ2n) is 8.07. The summed E-state index contributed by atoms with van der Waals surface area (Å²) in [6, 6.07) is 0.